The highest BCUT2D eigenvalue weighted by Gasteiger charge is 2.15. The second-order valence-corrected chi connectivity index (χ2v) is 4.58. The number of rotatable bonds is 3. The summed E-state index contributed by atoms with van der Waals surface area (Å²) in [6, 6.07) is 1.97. The van der Waals surface area contributed by atoms with Crippen molar-refractivity contribution in [3.05, 3.63) is 11.4 Å². The van der Waals surface area contributed by atoms with Crippen molar-refractivity contribution in [2.24, 2.45) is 0 Å². The van der Waals surface area contributed by atoms with Crippen LogP contribution >= 0.6 is 11.3 Å². The van der Waals surface area contributed by atoms with E-state index in [1.807, 2.05) is 30.3 Å². The van der Waals surface area contributed by atoms with Crippen LogP contribution in [-0.2, 0) is 0 Å². The van der Waals surface area contributed by atoms with Gasteiger partial charge in [-0.15, -0.1) is 11.3 Å². The van der Waals surface area contributed by atoms with Crippen LogP contribution in [0.15, 0.2) is 11.4 Å². The smallest absolute Gasteiger partial charge is 0.223 e. The molecule has 2 aromatic heterocycles. The molecule has 0 aromatic carbocycles. The van der Waals surface area contributed by atoms with Crippen LogP contribution in [0.5, 0.6) is 0 Å². The Hall–Kier alpha value is -1.40. The van der Waals surface area contributed by atoms with E-state index in [4.69, 9.17) is 10.8 Å². The fourth-order valence-electron chi connectivity index (χ4n) is 1.46. The van der Waals surface area contributed by atoms with Gasteiger partial charge in [0.15, 0.2) is 0 Å². The van der Waals surface area contributed by atoms with Crippen LogP contribution in [0.2, 0.25) is 0 Å². The Bertz CT molecular complexity index is 499. The molecule has 0 aliphatic carbocycles. The maximum Gasteiger partial charge on any atom is 0.223 e. The Morgan fingerprint density at radius 2 is 2.31 bits per heavy atom. The number of aliphatic hydroxyl groups is 1. The molecule has 5 nitrogen and oxygen atoms in total. The molecule has 0 bridgehead atoms. The first-order valence-electron chi connectivity index (χ1n) is 4.98. The van der Waals surface area contributed by atoms with E-state index < -0.39 is 0 Å². The maximum atomic E-state index is 9.14. The lowest BCUT2D eigenvalue weighted by molar-refractivity contribution is 0.270. The van der Waals surface area contributed by atoms with Crippen LogP contribution in [0.3, 0.4) is 0 Å². The van der Waals surface area contributed by atoms with Crippen molar-refractivity contribution in [3.63, 3.8) is 0 Å². The molecule has 0 aliphatic heterocycles. The predicted octanol–water partition coefficient (Wildman–Crippen LogP) is 1.09. The lowest BCUT2D eigenvalue weighted by Gasteiger charge is -2.24. The molecule has 0 spiro atoms. The Morgan fingerprint density at radius 1 is 1.56 bits per heavy atom. The fraction of sp³-hybridized carbons (Fsp3) is 0.400. The van der Waals surface area contributed by atoms with Crippen LogP contribution in [0, 0.1) is 0 Å². The molecular formula is C10H14N4OS. The summed E-state index contributed by atoms with van der Waals surface area (Å²) in [5.74, 6) is 1.03. The van der Waals surface area contributed by atoms with E-state index in [0.29, 0.717) is 0 Å². The standard InChI is InChI=1S/C10H14N4OS/c1-6(5-15)14(2)8-7-3-4-16-9(7)13-10(11)12-8/h3-4,6,15H,5H2,1-2H3,(H2,11,12,13). The van der Waals surface area contributed by atoms with Gasteiger partial charge in [0.2, 0.25) is 5.95 Å². The van der Waals surface area contributed by atoms with Gasteiger partial charge in [0, 0.05) is 7.05 Å². The van der Waals surface area contributed by atoms with Gasteiger partial charge in [0.25, 0.3) is 0 Å². The van der Waals surface area contributed by atoms with Gasteiger partial charge in [-0.3, -0.25) is 0 Å². The van der Waals surface area contributed by atoms with Gasteiger partial charge in [-0.2, -0.15) is 4.98 Å². The van der Waals surface area contributed by atoms with E-state index in [1.54, 1.807) is 0 Å². The molecule has 2 aromatic rings. The highest BCUT2D eigenvalue weighted by atomic mass is 32.1. The minimum atomic E-state index is -0.00241. The zero-order valence-corrected chi connectivity index (χ0v) is 10.0. The molecule has 0 fully saturated rings. The largest absolute Gasteiger partial charge is 0.394 e. The number of aliphatic hydroxyl groups excluding tert-OH is 1. The minimum absolute atomic E-state index is 0.00241. The lowest BCUT2D eigenvalue weighted by Crippen LogP contribution is -2.32. The van der Waals surface area contributed by atoms with Crippen molar-refractivity contribution in [3.8, 4) is 0 Å². The van der Waals surface area contributed by atoms with E-state index in [-0.39, 0.29) is 18.6 Å². The van der Waals surface area contributed by atoms with Crippen LogP contribution < -0.4 is 10.6 Å². The molecule has 6 heteroatoms. The number of nitrogens with zero attached hydrogens (tertiary/aromatic N) is 3. The number of thiophene rings is 1. The monoisotopic (exact) mass is 238 g/mol. The Morgan fingerprint density at radius 3 is 3.00 bits per heavy atom. The molecule has 2 rings (SSSR count). The van der Waals surface area contributed by atoms with Crippen LogP contribution in [-0.4, -0.2) is 34.8 Å². The van der Waals surface area contributed by atoms with Gasteiger partial charge in [-0.1, -0.05) is 0 Å². The Balaban J connectivity index is 2.53. The van der Waals surface area contributed by atoms with E-state index in [0.717, 1.165) is 16.0 Å². The molecule has 3 N–H and O–H groups in total. The summed E-state index contributed by atoms with van der Waals surface area (Å²) in [7, 11) is 1.89. The molecule has 0 radical (unpaired) electrons. The minimum Gasteiger partial charge on any atom is -0.394 e. The quantitative estimate of drug-likeness (QED) is 0.837. The molecule has 0 amide bonds. The molecule has 2 heterocycles. The average Bonchev–Trinajstić information content (AvgIpc) is 2.73. The van der Waals surface area contributed by atoms with Crippen LogP contribution in [0.25, 0.3) is 10.2 Å². The second kappa shape index (κ2) is 4.23. The molecule has 0 saturated carbocycles. The Labute approximate surface area is 97.5 Å². The fourth-order valence-corrected chi connectivity index (χ4v) is 2.22. The van der Waals surface area contributed by atoms with Crippen molar-refractivity contribution in [2.45, 2.75) is 13.0 Å². The highest BCUT2D eigenvalue weighted by Crippen LogP contribution is 2.28. The SMILES string of the molecule is CC(CO)N(C)c1nc(N)nc2sccc12. The van der Waals surface area contributed by atoms with Gasteiger partial charge >= 0.3 is 0 Å². The number of anilines is 2. The summed E-state index contributed by atoms with van der Waals surface area (Å²) in [4.78, 5) is 11.2. The number of hydrogen-bond donors (Lipinski definition) is 2. The van der Waals surface area contributed by atoms with Gasteiger partial charge in [0.05, 0.1) is 18.0 Å². The van der Waals surface area contributed by atoms with Gasteiger partial charge in [-0.05, 0) is 18.4 Å². The van der Waals surface area contributed by atoms with Crippen molar-refractivity contribution < 1.29 is 5.11 Å². The summed E-state index contributed by atoms with van der Waals surface area (Å²) in [6.07, 6.45) is 0. The number of aromatic nitrogens is 2. The zero-order chi connectivity index (χ0) is 11.7. The van der Waals surface area contributed by atoms with Gasteiger partial charge in [-0.25, -0.2) is 4.98 Å². The van der Waals surface area contributed by atoms with Crippen LogP contribution in [0.4, 0.5) is 11.8 Å². The summed E-state index contributed by atoms with van der Waals surface area (Å²) in [6.45, 7) is 2.00. The summed E-state index contributed by atoms with van der Waals surface area (Å²) >= 11 is 1.53. The number of hydrogen-bond acceptors (Lipinski definition) is 6. The van der Waals surface area contributed by atoms with E-state index in [1.165, 1.54) is 11.3 Å². The van der Waals surface area contributed by atoms with Gasteiger partial charge < -0.3 is 15.7 Å². The van der Waals surface area contributed by atoms with Crippen molar-refractivity contribution in [1.29, 1.82) is 0 Å². The zero-order valence-electron chi connectivity index (χ0n) is 9.21. The highest BCUT2D eigenvalue weighted by molar-refractivity contribution is 7.16. The summed E-state index contributed by atoms with van der Waals surface area (Å²) in [5, 5.41) is 12.1. The third-order valence-corrected chi connectivity index (χ3v) is 3.39. The van der Waals surface area contributed by atoms with E-state index >= 15 is 0 Å². The summed E-state index contributed by atoms with van der Waals surface area (Å²) in [5.41, 5.74) is 5.66. The lowest BCUT2D eigenvalue weighted by atomic mass is 10.3. The number of fused-ring (bicyclic) bond motifs is 1. The molecular weight excluding hydrogens is 224 g/mol. The predicted molar refractivity (Wildman–Crippen MR) is 66.8 cm³/mol. The normalized spacial score (nSPS) is 12.9. The topological polar surface area (TPSA) is 75.3 Å². The molecule has 1 atom stereocenters. The van der Waals surface area contributed by atoms with Gasteiger partial charge in [0.1, 0.15) is 10.6 Å². The van der Waals surface area contributed by atoms with E-state index in [9.17, 15) is 0 Å². The average molecular weight is 238 g/mol. The first-order valence-corrected chi connectivity index (χ1v) is 5.86. The number of nitrogen functional groups attached to an aromatic ring is 1. The third-order valence-electron chi connectivity index (χ3n) is 2.58. The third kappa shape index (κ3) is 1.81. The first kappa shape index (κ1) is 11.1. The van der Waals surface area contributed by atoms with E-state index in [2.05, 4.69) is 9.97 Å². The molecule has 1 unspecified atom stereocenters. The second-order valence-electron chi connectivity index (χ2n) is 3.69. The number of nitrogens with two attached hydrogens (primary N) is 1. The van der Waals surface area contributed by atoms with Crippen LogP contribution in [0.1, 0.15) is 6.92 Å². The molecule has 86 valence electrons. The van der Waals surface area contributed by atoms with Crippen molar-refractivity contribution in [2.75, 3.05) is 24.3 Å². The summed E-state index contributed by atoms with van der Waals surface area (Å²) < 4.78 is 0. The number of likely N-dealkylation sites (N-methyl/N-ethyl adjacent to an activating group) is 1. The maximum absolute atomic E-state index is 9.14. The molecule has 0 aliphatic rings. The van der Waals surface area contributed by atoms with Crippen molar-refractivity contribution >= 4 is 33.3 Å². The van der Waals surface area contributed by atoms with Crippen molar-refractivity contribution in [1.82, 2.24) is 9.97 Å². The first-order chi connectivity index (χ1) is 7.63. The molecule has 0 saturated heterocycles. The molecule has 16 heavy (non-hydrogen) atoms. The Kier molecular flexibility index (Phi) is 2.93.